The molecule has 7 heteroatoms. The van der Waals surface area contributed by atoms with Crippen molar-refractivity contribution in [2.45, 2.75) is 31.7 Å². The fourth-order valence-electron chi connectivity index (χ4n) is 2.79. The normalized spacial score (nSPS) is 16.3. The van der Waals surface area contributed by atoms with E-state index in [0.29, 0.717) is 5.65 Å². The van der Waals surface area contributed by atoms with Crippen molar-refractivity contribution in [1.82, 2.24) is 24.5 Å². The molecule has 108 valence electrons. The van der Waals surface area contributed by atoms with Gasteiger partial charge in [0.25, 0.3) is 0 Å². The van der Waals surface area contributed by atoms with Crippen molar-refractivity contribution in [3.63, 3.8) is 0 Å². The third-order valence-electron chi connectivity index (χ3n) is 4.03. The van der Waals surface area contributed by atoms with Crippen LogP contribution in [0.15, 0.2) is 17.2 Å². The number of aromatic nitrogens is 4. The summed E-state index contributed by atoms with van der Waals surface area (Å²) in [7, 11) is 2.18. The number of anilines is 1. The first-order valence-electron chi connectivity index (χ1n) is 7.11. The third kappa shape index (κ3) is 2.67. The molecule has 7 nitrogen and oxygen atoms in total. The van der Waals surface area contributed by atoms with Crippen LogP contribution in [0.4, 0.5) is 5.82 Å². The second-order valence-electron chi connectivity index (χ2n) is 5.38. The van der Waals surface area contributed by atoms with Crippen LogP contribution in [0.25, 0.3) is 5.65 Å². The summed E-state index contributed by atoms with van der Waals surface area (Å²) < 4.78 is 1.38. The lowest BCUT2D eigenvalue weighted by atomic mass is 10.2. The summed E-state index contributed by atoms with van der Waals surface area (Å²) in [4.78, 5) is 17.9. The Bertz CT molecular complexity index is 627. The second kappa shape index (κ2) is 5.62. The van der Waals surface area contributed by atoms with Crippen LogP contribution in [0.2, 0.25) is 0 Å². The Balaban J connectivity index is 1.55. The number of aromatic amines is 1. The van der Waals surface area contributed by atoms with Crippen LogP contribution in [0.5, 0.6) is 0 Å². The van der Waals surface area contributed by atoms with E-state index in [9.17, 15) is 4.79 Å². The first-order chi connectivity index (χ1) is 9.74. The number of hydrogen-bond donors (Lipinski definition) is 2. The number of H-pyrrole nitrogens is 1. The van der Waals surface area contributed by atoms with E-state index in [4.69, 9.17) is 0 Å². The molecule has 2 aromatic heterocycles. The summed E-state index contributed by atoms with van der Waals surface area (Å²) in [5.74, 6) is 0.747. The second-order valence-corrected chi connectivity index (χ2v) is 5.38. The van der Waals surface area contributed by atoms with Crippen LogP contribution >= 0.6 is 0 Å². The average molecular weight is 276 g/mol. The first kappa shape index (κ1) is 13.1. The van der Waals surface area contributed by atoms with Crippen LogP contribution in [-0.2, 0) is 0 Å². The molecule has 1 aliphatic rings. The maximum atomic E-state index is 11.3. The highest BCUT2D eigenvalue weighted by Gasteiger charge is 2.18. The summed E-state index contributed by atoms with van der Waals surface area (Å²) in [5.41, 5.74) is 0.316. The van der Waals surface area contributed by atoms with Crippen LogP contribution in [0.1, 0.15) is 25.7 Å². The molecule has 0 atom stereocenters. The quantitative estimate of drug-likeness (QED) is 0.840. The van der Waals surface area contributed by atoms with Crippen molar-refractivity contribution in [2.24, 2.45) is 0 Å². The van der Waals surface area contributed by atoms with Gasteiger partial charge in [-0.1, -0.05) is 12.8 Å². The van der Waals surface area contributed by atoms with Gasteiger partial charge in [-0.25, -0.2) is 19.3 Å². The summed E-state index contributed by atoms with van der Waals surface area (Å²) in [6.45, 7) is 1.83. The molecule has 0 aromatic carbocycles. The number of nitrogens with zero attached hydrogens (tertiary/aromatic N) is 4. The molecule has 1 fully saturated rings. The van der Waals surface area contributed by atoms with Crippen molar-refractivity contribution in [2.75, 3.05) is 25.5 Å². The highest BCUT2D eigenvalue weighted by molar-refractivity contribution is 5.48. The van der Waals surface area contributed by atoms with Gasteiger partial charge in [-0.15, -0.1) is 0 Å². The molecule has 2 N–H and O–H groups in total. The molecular formula is C13H20N6O. The Hall–Kier alpha value is -1.89. The van der Waals surface area contributed by atoms with E-state index in [1.807, 2.05) is 0 Å². The number of nitrogens with one attached hydrogen (secondary N) is 2. The third-order valence-corrected chi connectivity index (χ3v) is 4.03. The van der Waals surface area contributed by atoms with Gasteiger partial charge in [0.2, 0.25) is 0 Å². The molecule has 0 radical (unpaired) electrons. The van der Waals surface area contributed by atoms with Gasteiger partial charge in [-0.3, -0.25) is 0 Å². The first-order valence-corrected chi connectivity index (χ1v) is 7.11. The lowest BCUT2D eigenvalue weighted by molar-refractivity contribution is 0.254. The average Bonchev–Trinajstić information content (AvgIpc) is 3.09. The highest BCUT2D eigenvalue weighted by Crippen LogP contribution is 2.21. The smallest absolute Gasteiger partial charge is 0.348 e. The Morgan fingerprint density at radius 1 is 1.50 bits per heavy atom. The van der Waals surface area contributed by atoms with Gasteiger partial charge in [-0.2, -0.15) is 5.10 Å². The summed E-state index contributed by atoms with van der Waals surface area (Å²) in [5, 5.41) is 9.60. The molecule has 2 heterocycles. The van der Waals surface area contributed by atoms with E-state index in [0.717, 1.165) is 24.9 Å². The standard InChI is InChI=1S/C13H20N6O/c1-18(10-4-2-3-5-10)7-6-14-11-8-12-16-17-13(20)19(12)9-15-11/h8-10,14H,2-7H2,1H3,(H,17,20). The molecule has 2 aromatic rings. The van der Waals surface area contributed by atoms with E-state index in [-0.39, 0.29) is 5.69 Å². The maximum Gasteiger partial charge on any atom is 0.348 e. The van der Waals surface area contributed by atoms with E-state index in [1.165, 1.54) is 36.4 Å². The van der Waals surface area contributed by atoms with Crippen LogP contribution in [0.3, 0.4) is 0 Å². The minimum atomic E-state index is -0.264. The molecule has 1 saturated carbocycles. The maximum absolute atomic E-state index is 11.3. The van der Waals surface area contributed by atoms with Gasteiger partial charge in [0.1, 0.15) is 12.1 Å². The largest absolute Gasteiger partial charge is 0.369 e. The van der Waals surface area contributed by atoms with Crippen molar-refractivity contribution < 1.29 is 0 Å². The van der Waals surface area contributed by atoms with Crippen LogP contribution in [0, 0.1) is 0 Å². The van der Waals surface area contributed by atoms with Crippen molar-refractivity contribution >= 4 is 11.5 Å². The monoisotopic (exact) mass is 276 g/mol. The molecular weight excluding hydrogens is 256 g/mol. The molecule has 0 aliphatic heterocycles. The predicted molar refractivity (Wildman–Crippen MR) is 77.0 cm³/mol. The molecule has 0 bridgehead atoms. The van der Waals surface area contributed by atoms with Gasteiger partial charge < -0.3 is 10.2 Å². The zero-order chi connectivity index (χ0) is 13.9. The van der Waals surface area contributed by atoms with Crippen LogP contribution in [-0.4, -0.2) is 50.7 Å². The zero-order valence-corrected chi connectivity index (χ0v) is 11.7. The van der Waals surface area contributed by atoms with Gasteiger partial charge in [0, 0.05) is 25.2 Å². The van der Waals surface area contributed by atoms with E-state index in [1.54, 1.807) is 6.07 Å². The Morgan fingerprint density at radius 3 is 3.10 bits per heavy atom. The lowest BCUT2D eigenvalue weighted by Gasteiger charge is -2.23. The summed E-state index contributed by atoms with van der Waals surface area (Å²) in [6.07, 6.45) is 6.83. The van der Waals surface area contributed by atoms with Gasteiger partial charge in [0.15, 0.2) is 5.65 Å². The molecule has 1 aliphatic carbocycles. The molecule has 0 saturated heterocycles. The number of hydrogen-bond acceptors (Lipinski definition) is 5. The number of rotatable bonds is 5. The Labute approximate surface area is 117 Å². The SMILES string of the molecule is CN(CCNc1cc2n[nH]c(=O)n2cn1)C1CCCC1. The van der Waals surface area contributed by atoms with Gasteiger partial charge in [0.05, 0.1) is 0 Å². The predicted octanol–water partition coefficient (Wildman–Crippen LogP) is 0.704. The van der Waals surface area contributed by atoms with Crippen molar-refractivity contribution in [3.8, 4) is 0 Å². The van der Waals surface area contributed by atoms with E-state index >= 15 is 0 Å². The lowest BCUT2D eigenvalue weighted by Crippen LogP contribution is -2.33. The molecule has 20 heavy (non-hydrogen) atoms. The molecule has 0 amide bonds. The topological polar surface area (TPSA) is 78.3 Å². The van der Waals surface area contributed by atoms with Crippen LogP contribution < -0.4 is 11.0 Å². The number of likely N-dealkylation sites (N-methyl/N-ethyl adjacent to an activating group) is 1. The van der Waals surface area contributed by atoms with Gasteiger partial charge in [-0.05, 0) is 19.9 Å². The van der Waals surface area contributed by atoms with E-state index in [2.05, 4.69) is 32.4 Å². The Kier molecular flexibility index (Phi) is 3.68. The van der Waals surface area contributed by atoms with Gasteiger partial charge >= 0.3 is 5.69 Å². The van der Waals surface area contributed by atoms with E-state index < -0.39 is 0 Å². The van der Waals surface area contributed by atoms with Crippen molar-refractivity contribution in [1.29, 1.82) is 0 Å². The minimum absolute atomic E-state index is 0.264. The molecule has 3 rings (SSSR count). The molecule has 0 unspecified atom stereocenters. The Morgan fingerprint density at radius 2 is 2.30 bits per heavy atom. The summed E-state index contributed by atoms with van der Waals surface area (Å²) >= 11 is 0. The zero-order valence-electron chi connectivity index (χ0n) is 11.7. The minimum Gasteiger partial charge on any atom is -0.369 e. The van der Waals surface area contributed by atoms with Crippen molar-refractivity contribution in [3.05, 3.63) is 22.9 Å². The summed E-state index contributed by atoms with van der Waals surface area (Å²) in [6, 6.07) is 2.50. The number of fused-ring (bicyclic) bond motifs is 1. The fourth-order valence-corrected chi connectivity index (χ4v) is 2.79. The molecule has 0 spiro atoms. The fraction of sp³-hybridized carbons (Fsp3) is 0.615. The highest BCUT2D eigenvalue weighted by atomic mass is 16.1.